The molecule has 60 heavy (non-hydrogen) atoms. The molecule has 0 aromatic heterocycles. The molecule has 2 fully saturated rings. The standard InChI is InChI=1S/C55H58BN3Si/c1-52-28-16-18-30-54(52,3)58(46-27-26-38(32-42(46)52)37-20-10-8-11-21-37)40-33-48-50-49(34-40)59-51-43(53(2)29-17-19-31-55(53,59)4)35-41(60(5,6)7)36-45(51)56(50)44-24-14-15-25-47(44)57(48)39-22-12-9-13-23-39/h8-15,20-27,32-36H,16-19,28-31H2,1-7H3. The molecular formula is C55H58BN3Si. The van der Waals surface area contributed by atoms with Crippen molar-refractivity contribution in [2.45, 2.75) is 121 Å². The highest BCUT2D eigenvalue weighted by molar-refractivity contribution is 7.01. The molecule has 0 bridgehead atoms. The van der Waals surface area contributed by atoms with Gasteiger partial charge in [-0.05, 0) is 121 Å². The van der Waals surface area contributed by atoms with E-state index in [1.54, 1.807) is 10.8 Å². The van der Waals surface area contributed by atoms with Crippen molar-refractivity contribution in [2.75, 3.05) is 14.7 Å². The monoisotopic (exact) mass is 799 g/mol. The molecule has 6 aliphatic rings. The molecule has 6 aromatic rings. The third-order valence-corrected chi connectivity index (χ3v) is 19.3. The Balaban J connectivity index is 1.19. The van der Waals surface area contributed by atoms with Crippen LogP contribution < -0.4 is 36.3 Å². The topological polar surface area (TPSA) is 9.72 Å². The lowest BCUT2D eigenvalue weighted by Crippen LogP contribution is -2.65. The first-order chi connectivity index (χ1) is 28.9. The van der Waals surface area contributed by atoms with Crippen LogP contribution in [0.25, 0.3) is 11.1 Å². The second-order valence-electron chi connectivity index (χ2n) is 21.2. The van der Waals surface area contributed by atoms with Gasteiger partial charge < -0.3 is 14.7 Å². The zero-order valence-electron chi connectivity index (χ0n) is 36.7. The zero-order chi connectivity index (χ0) is 41.0. The lowest BCUT2D eigenvalue weighted by molar-refractivity contribution is 0.194. The van der Waals surface area contributed by atoms with Crippen molar-refractivity contribution < 1.29 is 0 Å². The number of hydrogen-bond acceptors (Lipinski definition) is 3. The molecule has 12 rings (SSSR count). The summed E-state index contributed by atoms with van der Waals surface area (Å²) in [6, 6.07) is 49.8. The fraction of sp³-hybridized carbons (Fsp3) is 0.345. The molecule has 4 aliphatic heterocycles. The summed E-state index contributed by atoms with van der Waals surface area (Å²) in [5.74, 6) is 0. The Kier molecular flexibility index (Phi) is 7.56. The summed E-state index contributed by atoms with van der Waals surface area (Å²) in [5, 5.41) is 1.60. The Morgan fingerprint density at radius 2 is 1.10 bits per heavy atom. The smallest absolute Gasteiger partial charge is 0.252 e. The molecule has 300 valence electrons. The van der Waals surface area contributed by atoms with E-state index in [0.717, 1.165) is 0 Å². The van der Waals surface area contributed by atoms with Crippen molar-refractivity contribution in [1.82, 2.24) is 0 Å². The van der Waals surface area contributed by atoms with Gasteiger partial charge >= 0.3 is 0 Å². The van der Waals surface area contributed by atoms with Crippen LogP contribution in [-0.4, -0.2) is 25.9 Å². The number of rotatable bonds is 4. The molecule has 0 spiro atoms. The summed E-state index contributed by atoms with van der Waals surface area (Å²) in [5.41, 5.74) is 19.7. The third-order valence-electron chi connectivity index (χ3n) is 17.3. The molecule has 2 saturated carbocycles. The number of fused-ring (bicyclic) bond motifs is 10. The normalized spacial score (nSPS) is 26.9. The van der Waals surface area contributed by atoms with Gasteiger partial charge in [0.1, 0.15) is 0 Å². The van der Waals surface area contributed by atoms with E-state index >= 15 is 0 Å². The minimum absolute atomic E-state index is 0.0152. The van der Waals surface area contributed by atoms with E-state index in [1.165, 1.54) is 124 Å². The molecule has 4 heterocycles. The molecule has 5 heteroatoms. The molecular weight excluding hydrogens is 742 g/mol. The van der Waals surface area contributed by atoms with Gasteiger partial charge in [-0.15, -0.1) is 0 Å². The van der Waals surface area contributed by atoms with Crippen LogP contribution in [0.4, 0.5) is 39.8 Å². The van der Waals surface area contributed by atoms with Gasteiger partial charge in [-0.1, -0.05) is 149 Å². The van der Waals surface area contributed by atoms with Gasteiger partial charge in [0.25, 0.3) is 6.71 Å². The van der Waals surface area contributed by atoms with E-state index in [4.69, 9.17) is 0 Å². The average molecular weight is 800 g/mol. The number of anilines is 7. The second kappa shape index (κ2) is 12.3. The van der Waals surface area contributed by atoms with Crippen molar-refractivity contribution in [2.24, 2.45) is 0 Å². The molecule has 0 radical (unpaired) electrons. The maximum atomic E-state index is 2.94. The Morgan fingerprint density at radius 1 is 0.483 bits per heavy atom. The van der Waals surface area contributed by atoms with Crippen molar-refractivity contribution in [1.29, 1.82) is 0 Å². The Bertz CT molecular complexity index is 2760. The molecule has 4 atom stereocenters. The molecule has 3 nitrogen and oxygen atoms in total. The lowest BCUT2D eigenvalue weighted by atomic mass is 9.33. The minimum Gasteiger partial charge on any atom is -0.335 e. The highest BCUT2D eigenvalue weighted by Gasteiger charge is 2.63. The number of nitrogens with zero attached hydrogens (tertiary/aromatic N) is 3. The first-order valence-corrected chi connectivity index (χ1v) is 26.5. The second-order valence-corrected chi connectivity index (χ2v) is 26.2. The Labute approximate surface area is 359 Å². The predicted molar refractivity (Wildman–Crippen MR) is 260 cm³/mol. The Hall–Kier alpha value is -5.00. The van der Waals surface area contributed by atoms with E-state index in [-0.39, 0.29) is 28.6 Å². The van der Waals surface area contributed by atoms with Crippen molar-refractivity contribution in [3.8, 4) is 11.1 Å². The predicted octanol–water partition coefficient (Wildman–Crippen LogP) is 12.0. The summed E-state index contributed by atoms with van der Waals surface area (Å²) in [4.78, 5) is 8.41. The van der Waals surface area contributed by atoms with E-state index in [2.05, 4.69) is 189 Å². The number of benzene rings is 6. The van der Waals surface area contributed by atoms with Crippen LogP contribution in [0.5, 0.6) is 0 Å². The van der Waals surface area contributed by atoms with Gasteiger partial charge in [0.15, 0.2) is 0 Å². The average Bonchev–Trinajstić information content (AvgIpc) is 3.60. The van der Waals surface area contributed by atoms with Crippen LogP contribution >= 0.6 is 0 Å². The van der Waals surface area contributed by atoms with Gasteiger partial charge in [-0.2, -0.15) is 0 Å². The largest absolute Gasteiger partial charge is 0.335 e. The summed E-state index contributed by atoms with van der Waals surface area (Å²) < 4.78 is 0. The molecule has 0 N–H and O–H groups in total. The van der Waals surface area contributed by atoms with Gasteiger partial charge in [-0.3, -0.25) is 0 Å². The van der Waals surface area contributed by atoms with E-state index in [1.807, 2.05) is 0 Å². The van der Waals surface area contributed by atoms with Crippen LogP contribution in [0, 0.1) is 0 Å². The van der Waals surface area contributed by atoms with Crippen LogP contribution in [0.3, 0.4) is 0 Å². The first kappa shape index (κ1) is 36.8. The van der Waals surface area contributed by atoms with Crippen molar-refractivity contribution >= 4 is 76.2 Å². The fourth-order valence-corrected chi connectivity index (χ4v) is 14.8. The molecule has 0 amide bonds. The summed E-state index contributed by atoms with van der Waals surface area (Å²) in [7, 11) is -1.68. The van der Waals surface area contributed by atoms with E-state index < -0.39 is 8.07 Å². The highest BCUT2D eigenvalue weighted by atomic mass is 28.3. The first-order valence-electron chi connectivity index (χ1n) is 23.0. The maximum Gasteiger partial charge on any atom is 0.252 e. The molecule has 6 aromatic carbocycles. The van der Waals surface area contributed by atoms with Gasteiger partial charge in [-0.25, -0.2) is 0 Å². The zero-order valence-corrected chi connectivity index (χ0v) is 37.7. The van der Waals surface area contributed by atoms with Crippen LogP contribution in [0.15, 0.2) is 127 Å². The molecule has 0 saturated heterocycles. The summed E-state index contributed by atoms with van der Waals surface area (Å²) in [6.07, 6.45) is 9.91. The van der Waals surface area contributed by atoms with Crippen LogP contribution in [0.2, 0.25) is 19.6 Å². The van der Waals surface area contributed by atoms with Gasteiger partial charge in [0.05, 0.1) is 19.2 Å². The van der Waals surface area contributed by atoms with Gasteiger partial charge in [0.2, 0.25) is 0 Å². The fourth-order valence-electron chi connectivity index (χ4n) is 13.6. The highest BCUT2D eigenvalue weighted by Crippen LogP contribution is 2.65. The van der Waals surface area contributed by atoms with Crippen LogP contribution in [-0.2, 0) is 10.8 Å². The summed E-state index contributed by atoms with van der Waals surface area (Å²) in [6.45, 7) is 18.3. The van der Waals surface area contributed by atoms with E-state index in [0.29, 0.717) is 0 Å². The van der Waals surface area contributed by atoms with Gasteiger partial charge in [0, 0.05) is 50.6 Å². The summed E-state index contributed by atoms with van der Waals surface area (Å²) >= 11 is 0. The van der Waals surface area contributed by atoms with Crippen molar-refractivity contribution in [3.63, 3.8) is 0 Å². The number of para-hydroxylation sites is 2. The minimum atomic E-state index is -1.68. The lowest BCUT2D eigenvalue weighted by Gasteiger charge is -2.53. The maximum absolute atomic E-state index is 2.94. The number of hydrogen-bond donors (Lipinski definition) is 0. The Morgan fingerprint density at radius 3 is 1.82 bits per heavy atom. The van der Waals surface area contributed by atoms with E-state index in [9.17, 15) is 0 Å². The van der Waals surface area contributed by atoms with Crippen molar-refractivity contribution in [3.05, 3.63) is 139 Å². The third kappa shape index (κ3) is 4.57. The quantitative estimate of drug-likeness (QED) is 0.164. The van der Waals surface area contributed by atoms with Crippen LogP contribution in [0.1, 0.15) is 90.2 Å². The molecule has 2 aliphatic carbocycles. The molecule has 4 unspecified atom stereocenters. The SMILES string of the molecule is CC12CCCCC1(C)N(c1cc3c4c(c1)N1c5c(cc([Si](C)(C)C)cc5C5(C)CCCCC15C)B4c1ccccc1N3c1ccccc1)c1ccc(-c3ccccc3)cc12.